The minimum atomic E-state index is -0.590. The second-order valence-corrected chi connectivity index (χ2v) is 5.67. The van der Waals surface area contributed by atoms with Crippen molar-refractivity contribution in [3.63, 3.8) is 0 Å². The highest BCUT2D eigenvalue weighted by molar-refractivity contribution is 9.10. The maximum absolute atomic E-state index is 11.7. The molecule has 0 spiro atoms. The molecule has 2 aromatic carbocycles. The average Bonchev–Trinajstić information content (AvgIpc) is 2.49. The summed E-state index contributed by atoms with van der Waals surface area (Å²) < 4.78 is 0.901. The molecule has 0 aliphatic heterocycles. The van der Waals surface area contributed by atoms with Crippen molar-refractivity contribution in [3.05, 3.63) is 58.0 Å². The van der Waals surface area contributed by atoms with Crippen molar-refractivity contribution < 1.29 is 9.59 Å². The van der Waals surface area contributed by atoms with Crippen molar-refractivity contribution in [2.24, 2.45) is 0 Å². The third-order valence-electron chi connectivity index (χ3n) is 2.67. The van der Waals surface area contributed by atoms with Crippen LogP contribution in [0.2, 0.25) is 5.02 Å². The van der Waals surface area contributed by atoms with E-state index in [0.29, 0.717) is 16.4 Å². The van der Waals surface area contributed by atoms with Crippen LogP contribution in [0.1, 0.15) is 0 Å². The van der Waals surface area contributed by atoms with Gasteiger partial charge in [-0.05, 0) is 36.4 Å². The van der Waals surface area contributed by atoms with E-state index in [9.17, 15) is 9.59 Å². The normalized spacial score (nSPS) is 9.91. The molecule has 0 aliphatic carbocycles. The number of amides is 3. The number of hydrogen-bond donors (Lipinski definition) is 3. The molecule has 5 nitrogen and oxygen atoms in total. The number of benzene rings is 2. The third kappa shape index (κ3) is 5.05. The van der Waals surface area contributed by atoms with Crippen LogP contribution in [0.3, 0.4) is 0 Å². The fraction of sp³-hybridized carbons (Fsp3) is 0.0667. The molecule has 0 unspecified atom stereocenters. The Hall–Kier alpha value is -2.05. The summed E-state index contributed by atoms with van der Waals surface area (Å²) in [7, 11) is 0. The lowest BCUT2D eigenvalue weighted by molar-refractivity contribution is -0.118. The Bertz CT molecular complexity index is 677. The first kappa shape index (κ1) is 16.3. The van der Waals surface area contributed by atoms with Crippen LogP contribution in [0.15, 0.2) is 53.0 Å². The Morgan fingerprint density at radius 3 is 2.41 bits per heavy atom. The lowest BCUT2D eigenvalue weighted by Crippen LogP contribution is -2.37. The number of anilines is 2. The lowest BCUT2D eigenvalue weighted by Gasteiger charge is -2.09. The van der Waals surface area contributed by atoms with E-state index in [1.807, 2.05) is 0 Å². The second-order valence-electron chi connectivity index (χ2n) is 4.34. The molecule has 0 atom stereocenters. The molecule has 114 valence electrons. The van der Waals surface area contributed by atoms with Crippen LogP contribution in [0.25, 0.3) is 0 Å². The highest BCUT2D eigenvalue weighted by Gasteiger charge is 2.08. The maximum atomic E-state index is 11.7. The average molecular weight is 383 g/mol. The summed E-state index contributed by atoms with van der Waals surface area (Å²) >= 11 is 9.26. The molecule has 7 heteroatoms. The smallest absolute Gasteiger partial charge is 0.325 e. The van der Waals surface area contributed by atoms with Crippen LogP contribution in [-0.4, -0.2) is 18.5 Å². The number of rotatable bonds is 4. The van der Waals surface area contributed by atoms with Gasteiger partial charge in [-0.1, -0.05) is 39.7 Å². The van der Waals surface area contributed by atoms with Crippen molar-refractivity contribution in [1.82, 2.24) is 5.32 Å². The topological polar surface area (TPSA) is 70.2 Å². The van der Waals surface area contributed by atoms with Crippen LogP contribution < -0.4 is 16.0 Å². The predicted octanol–water partition coefficient (Wildman–Crippen LogP) is 3.86. The number of urea groups is 1. The summed E-state index contributed by atoms with van der Waals surface area (Å²) in [6.07, 6.45) is 0. The first-order valence-electron chi connectivity index (χ1n) is 6.39. The molecule has 0 heterocycles. The van der Waals surface area contributed by atoms with Crippen molar-refractivity contribution in [3.8, 4) is 0 Å². The van der Waals surface area contributed by atoms with Crippen molar-refractivity contribution >= 4 is 50.8 Å². The van der Waals surface area contributed by atoms with Gasteiger partial charge in [0.25, 0.3) is 0 Å². The summed E-state index contributed by atoms with van der Waals surface area (Å²) in [4.78, 5) is 23.4. The van der Waals surface area contributed by atoms with Crippen molar-refractivity contribution in [2.45, 2.75) is 0 Å². The maximum Gasteiger partial charge on any atom is 0.325 e. The van der Waals surface area contributed by atoms with Gasteiger partial charge < -0.3 is 10.6 Å². The summed E-state index contributed by atoms with van der Waals surface area (Å²) in [6, 6.07) is 13.5. The Morgan fingerprint density at radius 1 is 1.05 bits per heavy atom. The van der Waals surface area contributed by atoms with Crippen LogP contribution in [0.5, 0.6) is 0 Å². The predicted molar refractivity (Wildman–Crippen MR) is 91.2 cm³/mol. The Labute approximate surface area is 141 Å². The van der Waals surface area contributed by atoms with Crippen molar-refractivity contribution in [1.29, 1.82) is 0 Å². The number of carbonyl (C=O) groups excluding carboxylic acids is 2. The van der Waals surface area contributed by atoms with Crippen LogP contribution in [-0.2, 0) is 4.79 Å². The van der Waals surface area contributed by atoms with Gasteiger partial charge in [-0.3, -0.25) is 10.1 Å². The zero-order valence-electron chi connectivity index (χ0n) is 11.4. The molecule has 0 saturated heterocycles. The van der Waals surface area contributed by atoms with E-state index < -0.39 is 11.9 Å². The van der Waals surface area contributed by atoms with Gasteiger partial charge in [0.2, 0.25) is 5.91 Å². The van der Waals surface area contributed by atoms with E-state index in [0.717, 1.165) is 4.47 Å². The molecule has 0 aromatic heterocycles. The summed E-state index contributed by atoms with van der Waals surface area (Å²) in [5, 5.41) is 8.16. The summed E-state index contributed by atoms with van der Waals surface area (Å²) in [6.45, 7) is -0.0580. The van der Waals surface area contributed by atoms with Gasteiger partial charge in [0, 0.05) is 10.2 Å². The molecule has 0 fully saturated rings. The molecule has 22 heavy (non-hydrogen) atoms. The molecule has 3 amide bonds. The van der Waals surface area contributed by atoms with Gasteiger partial charge in [0.05, 0.1) is 17.3 Å². The van der Waals surface area contributed by atoms with E-state index in [4.69, 9.17) is 11.6 Å². The molecular formula is C15H13BrClN3O2. The van der Waals surface area contributed by atoms with E-state index in [2.05, 4.69) is 31.9 Å². The third-order valence-corrected chi connectivity index (χ3v) is 3.53. The highest BCUT2D eigenvalue weighted by atomic mass is 79.9. The fourth-order valence-corrected chi connectivity index (χ4v) is 2.11. The Kier molecular flexibility index (Phi) is 5.80. The number of carbonyl (C=O) groups is 2. The number of imide groups is 1. The molecule has 0 radical (unpaired) electrons. The van der Waals surface area contributed by atoms with E-state index in [1.165, 1.54) is 0 Å². The first-order chi connectivity index (χ1) is 10.5. The van der Waals surface area contributed by atoms with Crippen LogP contribution in [0, 0.1) is 0 Å². The van der Waals surface area contributed by atoms with E-state index in [1.54, 1.807) is 48.5 Å². The first-order valence-corrected chi connectivity index (χ1v) is 7.56. The lowest BCUT2D eigenvalue weighted by atomic mass is 10.3. The van der Waals surface area contributed by atoms with Crippen LogP contribution in [0.4, 0.5) is 16.2 Å². The molecule has 3 N–H and O–H groups in total. The van der Waals surface area contributed by atoms with Crippen LogP contribution >= 0.6 is 27.5 Å². The van der Waals surface area contributed by atoms with E-state index in [-0.39, 0.29) is 6.54 Å². The quantitative estimate of drug-likeness (QED) is 0.752. The zero-order chi connectivity index (χ0) is 15.9. The van der Waals surface area contributed by atoms with Gasteiger partial charge in [-0.25, -0.2) is 4.79 Å². The highest BCUT2D eigenvalue weighted by Crippen LogP contribution is 2.19. The van der Waals surface area contributed by atoms with Gasteiger partial charge >= 0.3 is 6.03 Å². The Morgan fingerprint density at radius 2 is 1.73 bits per heavy atom. The minimum absolute atomic E-state index is 0.0580. The number of halogens is 2. The summed E-state index contributed by atoms with van der Waals surface area (Å²) in [5.74, 6) is -0.463. The number of para-hydroxylation sites is 1. The van der Waals surface area contributed by atoms with Gasteiger partial charge in [-0.2, -0.15) is 0 Å². The Balaban J connectivity index is 1.80. The van der Waals surface area contributed by atoms with Crippen molar-refractivity contribution in [2.75, 3.05) is 17.2 Å². The zero-order valence-corrected chi connectivity index (χ0v) is 13.7. The van der Waals surface area contributed by atoms with E-state index >= 15 is 0 Å². The van der Waals surface area contributed by atoms with Gasteiger partial charge in [-0.15, -0.1) is 0 Å². The molecule has 0 saturated carbocycles. The van der Waals surface area contributed by atoms with Gasteiger partial charge in [0.15, 0.2) is 0 Å². The SMILES string of the molecule is O=C(CNc1ccccc1Cl)NC(=O)Nc1ccc(Br)cc1. The standard InChI is InChI=1S/C15H13BrClN3O2/c16-10-5-7-11(8-6-10)19-15(22)20-14(21)9-18-13-4-2-1-3-12(13)17/h1-8,18H,9H2,(H2,19,20,21,22). The fourth-order valence-electron chi connectivity index (χ4n) is 1.65. The molecule has 2 rings (SSSR count). The molecule has 2 aromatic rings. The molecule has 0 bridgehead atoms. The number of hydrogen-bond acceptors (Lipinski definition) is 3. The molecular weight excluding hydrogens is 370 g/mol. The van der Waals surface area contributed by atoms with Gasteiger partial charge in [0.1, 0.15) is 0 Å². The minimum Gasteiger partial charge on any atom is -0.375 e. The monoisotopic (exact) mass is 381 g/mol. The second kappa shape index (κ2) is 7.82. The largest absolute Gasteiger partial charge is 0.375 e. The summed E-state index contributed by atoms with van der Waals surface area (Å²) in [5.41, 5.74) is 1.22. The number of nitrogens with one attached hydrogen (secondary N) is 3. The molecule has 0 aliphatic rings.